The van der Waals surface area contributed by atoms with Crippen molar-refractivity contribution in [3.63, 3.8) is 0 Å². The quantitative estimate of drug-likeness (QED) is 0.629. The molecule has 0 spiro atoms. The van der Waals surface area contributed by atoms with Gasteiger partial charge in [0, 0.05) is 12.0 Å². The Labute approximate surface area is 108 Å². The third kappa shape index (κ3) is 3.18. The molecular formula is C13H22N4O. The average molecular weight is 250 g/mol. The number of amidine groups is 1. The van der Waals surface area contributed by atoms with Crippen molar-refractivity contribution in [3.05, 3.63) is 27.7 Å². The van der Waals surface area contributed by atoms with Crippen LogP contribution >= 0.6 is 0 Å². The Bertz CT molecular complexity index is 497. The smallest absolute Gasteiger partial charge is 0.277 e. The number of hydrogen-bond donors (Lipinski definition) is 2. The monoisotopic (exact) mass is 250 g/mol. The molecule has 0 aliphatic carbocycles. The fraction of sp³-hybridized carbons (Fsp3) is 0.615. The fourth-order valence-electron chi connectivity index (χ4n) is 1.56. The SMILES string of the molecule is CCCCn1nc(C(C)(C)C)cc(C(=N)N)c1=O. The lowest BCUT2D eigenvalue weighted by atomic mass is 9.91. The minimum atomic E-state index is -0.274. The van der Waals surface area contributed by atoms with Gasteiger partial charge in [-0.25, -0.2) is 4.68 Å². The second-order valence-electron chi connectivity index (χ2n) is 5.49. The molecule has 1 rings (SSSR count). The van der Waals surface area contributed by atoms with Crippen LogP contribution in [0.15, 0.2) is 10.9 Å². The molecule has 0 bridgehead atoms. The molecule has 1 aromatic heterocycles. The third-order valence-electron chi connectivity index (χ3n) is 2.76. The summed E-state index contributed by atoms with van der Waals surface area (Å²) in [6.45, 7) is 8.69. The minimum absolute atomic E-state index is 0.175. The van der Waals surface area contributed by atoms with Crippen molar-refractivity contribution in [1.82, 2.24) is 9.78 Å². The van der Waals surface area contributed by atoms with Gasteiger partial charge in [0.05, 0.1) is 11.3 Å². The molecule has 0 saturated heterocycles. The van der Waals surface area contributed by atoms with Crippen molar-refractivity contribution in [2.75, 3.05) is 0 Å². The summed E-state index contributed by atoms with van der Waals surface area (Å²) in [5.74, 6) is -0.196. The van der Waals surface area contributed by atoms with Crippen LogP contribution < -0.4 is 11.3 Å². The van der Waals surface area contributed by atoms with E-state index < -0.39 is 0 Å². The first kappa shape index (κ1) is 14.4. The molecule has 0 amide bonds. The van der Waals surface area contributed by atoms with Gasteiger partial charge in [0.2, 0.25) is 0 Å². The zero-order valence-corrected chi connectivity index (χ0v) is 11.6. The first-order chi connectivity index (χ1) is 8.27. The number of unbranched alkanes of at least 4 members (excludes halogenated alkanes) is 1. The van der Waals surface area contributed by atoms with Gasteiger partial charge in [0.25, 0.3) is 5.56 Å². The predicted molar refractivity (Wildman–Crippen MR) is 73.1 cm³/mol. The van der Waals surface area contributed by atoms with E-state index in [1.54, 1.807) is 6.07 Å². The fourth-order valence-corrected chi connectivity index (χ4v) is 1.56. The van der Waals surface area contributed by atoms with Crippen LogP contribution in [0.4, 0.5) is 0 Å². The van der Waals surface area contributed by atoms with E-state index in [-0.39, 0.29) is 22.4 Å². The molecule has 100 valence electrons. The Balaban J connectivity index is 3.37. The van der Waals surface area contributed by atoms with Crippen LogP contribution in [0.5, 0.6) is 0 Å². The number of hydrogen-bond acceptors (Lipinski definition) is 3. The molecule has 0 aliphatic heterocycles. The van der Waals surface area contributed by atoms with Gasteiger partial charge in [0.15, 0.2) is 0 Å². The molecule has 0 fully saturated rings. The standard InChI is InChI=1S/C13H22N4O/c1-5-6-7-17-12(18)9(11(14)15)8-10(16-17)13(2,3)4/h8H,5-7H2,1-4H3,(H3,14,15). The van der Waals surface area contributed by atoms with Crippen molar-refractivity contribution in [2.24, 2.45) is 5.73 Å². The molecule has 3 N–H and O–H groups in total. The molecule has 1 aromatic rings. The summed E-state index contributed by atoms with van der Waals surface area (Å²) < 4.78 is 1.43. The number of nitrogens with zero attached hydrogens (tertiary/aromatic N) is 2. The van der Waals surface area contributed by atoms with Gasteiger partial charge in [-0.1, -0.05) is 34.1 Å². The van der Waals surface area contributed by atoms with Gasteiger partial charge in [0.1, 0.15) is 5.84 Å². The highest BCUT2D eigenvalue weighted by molar-refractivity contribution is 5.94. The zero-order chi connectivity index (χ0) is 13.9. The molecule has 5 nitrogen and oxygen atoms in total. The number of rotatable bonds is 4. The normalized spacial score (nSPS) is 11.6. The number of aryl methyl sites for hydroxylation is 1. The highest BCUT2D eigenvalue weighted by Crippen LogP contribution is 2.19. The van der Waals surface area contributed by atoms with Gasteiger partial charge in [-0.2, -0.15) is 5.10 Å². The predicted octanol–water partition coefficient (Wildman–Crippen LogP) is 1.62. The van der Waals surface area contributed by atoms with Gasteiger partial charge in [-0.05, 0) is 12.5 Å². The highest BCUT2D eigenvalue weighted by Gasteiger charge is 2.20. The maximum absolute atomic E-state index is 12.1. The van der Waals surface area contributed by atoms with Gasteiger partial charge < -0.3 is 5.73 Å². The summed E-state index contributed by atoms with van der Waals surface area (Å²) in [5.41, 5.74) is 6.04. The highest BCUT2D eigenvalue weighted by atomic mass is 16.1. The molecule has 0 aliphatic rings. The largest absolute Gasteiger partial charge is 0.384 e. The Morgan fingerprint density at radius 3 is 2.56 bits per heavy atom. The molecule has 18 heavy (non-hydrogen) atoms. The topological polar surface area (TPSA) is 84.8 Å². The number of aromatic nitrogens is 2. The number of nitrogen functional groups attached to an aromatic ring is 1. The Hall–Kier alpha value is -1.65. The van der Waals surface area contributed by atoms with Gasteiger partial charge in [-0.3, -0.25) is 10.2 Å². The van der Waals surface area contributed by atoms with Crippen molar-refractivity contribution in [2.45, 2.75) is 52.5 Å². The minimum Gasteiger partial charge on any atom is -0.384 e. The molecule has 0 saturated carbocycles. The summed E-state index contributed by atoms with van der Waals surface area (Å²) >= 11 is 0. The molecular weight excluding hydrogens is 228 g/mol. The number of nitrogens with two attached hydrogens (primary N) is 1. The first-order valence-corrected chi connectivity index (χ1v) is 6.24. The summed E-state index contributed by atoms with van der Waals surface area (Å²) in [6.07, 6.45) is 1.88. The van der Waals surface area contributed by atoms with Crippen LogP contribution in [0.3, 0.4) is 0 Å². The molecule has 1 heterocycles. The van der Waals surface area contributed by atoms with E-state index in [1.165, 1.54) is 4.68 Å². The van der Waals surface area contributed by atoms with Crippen LogP contribution in [0.25, 0.3) is 0 Å². The second kappa shape index (κ2) is 5.33. The van der Waals surface area contributed by atoms with E-state index in [9.17, 15) is 4.79 Å². The van der Waals surface area contributed by atoms with Gasteiger partial charge >= 0.3 is 0 Å². The Morgan fingerprint density at radius 1 is 1.50 bits per heavy atom. The molecule has 0 unspecified atom stereocenters. The third-order valence-corrected chi connectivity index (χ3v) is 2.76. The van der Waals surface area contributed by atoms with Crippen LogP contribution in [-0.4, -0.2) is 15.6 Å². The van der Waals surface area contributed by atoms with Crippen LogP contribution in [0, 0.1) is 5.41 Å². The van der Waals surface area contributed by atoms with Crippen molar-refractivity contribution >= 4 is 5.84 Å². The van der Waals surface area contributed by atoms with Crippen molar-refractivity contribution in [3.8, 4) is 0 Å². The summed E-state index contributed by atoms with van der Waals surface area (Å²) in [6, 6.07) is 1.63. The van der Waals surface area contributed by atoms with Gasteiger partial charge in [-0.15, -0.1) is 0 Å². The second-order valence-corrected chi connectivity index (χ2v) is 5.49. The molecule has 0 aromatic carbocycles. The van der Waals surface area contributed by atoms with Crippen LogP contribution in [0.2, 0.25) is 0 Å². The molecule has 0 radical (unpaired) electrons. The number of nitrogens with one attached hydrogen (secondary N) is 1. The maximum Gasteiger partial charge on any atom is 0.277 e. The Kier molecular flexibility index (Phi) is 4.27. The molecule has 5 heteroatoms. The van der Waals surface area contributed by atoms with Crippen LogP contribution in [0.1, 0.15) is 51.8 Å². The van der Waals surface area contributed by atoms with E-state index in [1.807, 2.05) is 20.8 Å². The van der Waals surface area contributed by atoms with E-state index in [2.05, 4.69) is 12.0 Å². The first-order valence-electron chi connectivity index (χ1n) is 6.24. The average Bonchev–Trinajstić information content (AvgIpc) is 2.25. The van der Waals surface area contributed by atoms with E-state index in [0.717, 1.165) is 18.5 Å². The van der Waals surface area contributed by atoms with E-state index in [4.69, 9.17) is 11.1 Å². The van der Waals surface area contributed by atoms with Crippen molar-refractivity contribution in [1.29, 1.82) is 5.41 Å². The lowest BCUT2D eigenvalue weighted by Gasteiger charge is -2.19. The summed E-state index contributed by atoms with van der Waals surface area (Å²) in [5, 5.41) is 11.9. The Morgan fingerprint density at radius 2 is 2.11 bits per heavy atom. The van der Waals surface area contributed by atoms with E-state index in [0.29, 0.717) is 6.54 Å². The summed E-state index contributed by atoms with van der Waals surface area (Å²) in [4.78, 5) is 12.1. The maximum atomic E-state index is 12.1. The molecule has 0 atom stereocenters. The van der Waals surface area contributed by atoms with Crippen molar-refractivity contribution < 1.29 is 0 Å². The lowest BCUT2D eigenvalue weighted by molar-refractivity contribution is 0.486. The lowest BCUT2D eigenvalue weighted by Crippen LogP contribution is -2.34. The van der Waals surface area contributed by atoms with E-state index >= 15 is 0 Å². The summed E-state index contributed by atoms with van der Waals surface area (Å²) in [7, 11) is 0. The zero-order valence-electron chi connectivity index (χ0n) is 11.6. The van der Waals surface area contributed by atoms with Crippen LogP contribution in [-0.2, 0) is 12.0 Å².